The van der Waals surface area contributed by atoms with Gasteiger partial charge in [-0.25, -0.2) is 0 Å². The molecule has 0 bridgehead atoms. The average molecular weight is 265 g/mol. The van der Waals surface area contributed by atoms with Crippen LogP contribution in [0.5, 0.6) is 0 Å². The van der Waals surface area contributed by atoms with Gasteiger partial charge >= 0.3 is 0 Å². The van der Waals surface area contributed by atoms with Crippen LogP contribution in [0.4, 0.5) is 5.69 Å². The maximum absolute atomic E-state index is 5.24. The van der Waals surface area contributed by atoms with Crippen LogP contribution in [0.1, 0.15) is 20.3 Å². The molecule has 0 radical (unpaired) electrons. The molecule has 0 spiro atoms. The van der Waals surface area contributed by atoms with Crippen LogP contribution in [-0.2, 0) is 0 Å². The van der Waals surface area contributed by atoms with Gasteiger partial charge in [0.2, 0.25) is 0 Å². The molecule has 18 heavy (non-hydrogen) atoms. The van der Waals surface area contributed by atoms with Crippen LogP contribution >= 0.6 is 12.2 Å². The Bertz CT molecular complexity index is 353. The lowest BCUT2D eigenvalue weighted by atomic mass is 10.2. The Morgan fingerprint density at radius 3 is 2.61 bits per heavy atom. The minimum absolute atomic E-state index is 0.613. The minimum atomic E-state index is 0.613. The Hall–Kier alpha value is -1.13. The van der Waals surface area contributed by atoms with Crippen LogP contribution in [0, 0.1) is 0 Å². The summed E-state index contributed by atoms with van der Waals surface area (Å²) in [7, 11) is 2.14. The van der Waals surface area contributed by atoms with E-state index in [0.29, 0.717) is 11.2 Å². The van der Waals surface area contributed by atoms with Crippen molar-refractivity contribution in [2.24, 2.45) is 0 Å². The predicted octanol–water partition coefficient (Wildman–Crippen LogP) is 2.70. The number of thiocarbonyl (C=S) groups is 1. The van der Waals surface area contributed by atoms with Gasteiger partial charge in [0.15, 0.2) is 5.11 Å². The van der Waals surface area contributed by atoms with E-state index in [1.165, 1.54) is 6.42 Å². The fraction of sp³-hybridized carbons (Fsp3) is 0.500. The van der Waals surface area contributed by atoms with E-state index >= 15 is 0 Å². The average Bonchev–Trinajstić information content (AvgIpc) is 2.38. The van der Waals surface area contributed by atoms with Crippen LogP contribution in [0.15, 0.2) is 30.3 Å². The fourth-order valence-electron chi connectivity index (χ4n) is 1.57. The van der Waals surface area contributed by atoms with Gasteiger partial charge < -0.3 is 15.5 Å². The Kier molecular flexibility index (Phi) is 6.68. The highest BCUT2D eigenvalue weighted by atomic mass is 32.1. The molecule has 0 fully saturated rings. The zero-order valence-electron chi connectivity index (χ0n) is 11.4. The van der Waals surface area contributed by atoms with Crippen molar-refractivity contribution < 1.29 is 0 Å². The van der Waals surface area contributed by atoms with Crippen molar-refractivity contribution in [2.75, 3.05) is 25.5 Å². The molecule has 0 saturated carbocycles. The number of para-hydroxylation sites is 1. The first-order valence-electron chi connectivity index (χ1n) is 6.43. The zero-order chi connectivity index (χ0) is 13.4. The number of hydrogen-bond acceptors (Lipinski definition) is 2. The van der Waals surface area contributed by atoms with Crippen molar-refractivity contribution in [1.29, 1.82) is 0 Å². The van der Waals surface area contributed by atoms with Crippen LogP contribution in [0.3, 0.4) is 0 Å². The highest BCUT2D eigenvalue weighted by Crippen LogP contribution is 2.04. The second kappa shape index (κ2) is 8.06. The second-order valence-corrected chi connectivity index (χ2v) is 4.89. The summed E-state index contributed by atoms with van der Waals surface area (Å²) in [5, 5.41) is 7.06. The quantitative estimate of drug-likeness (QED) is 0.773. The Morgan fingerprint density at radius 2 is 2.00 bits per heavy atom. The van der Waals surface area contributed by atoms with Crippen LogP contribution in [-0.4, -0.2) is 36.2 Å². The van der Waals surface area contributed by atoms with E-state index in [9.17, 15) is 0 Å². The van der Waals surface area contributed by atoms with Gasteiger partial charge in [0.1, 0.15) is 0 Å². The molecule has 0 saturated heterocycles. The molecule has 0 heterocycles. The van der Waals surface area contributed by atoms with Crippen molar-refractivity contribution in [3.05, 3.63) is 30.3 Å². The molecule has 1 atom stereocenters. The van der Waals surface area contributed by atoms with E-state index in [2.05, 4.69) is 36.4 Å². The van der Waals surface area contributed by atoms with Crippen LogP contribution in [0.25, 0.3) is 0 Å². The van der Waals surface area contributed by atoms with Crippen LogP contribution in [0.2, 0.25) is 0 Å². The molecule has 0 aliphatic carbocycles. The summed E-state index contributed by atoms with van der Waals surface area (Å²) in [6, 6.07) is 10.6. The van der Waals surface area contributed by atoms with Crippen molar-refractivity contribution in [1.82, 2.24) is 10.2 Å². The van der Waals surface area contributed by atoms with Crippen molar-refractivity contribution in [3.8, 4) is 0 Å². The number of anilines is 1. The van der Waals surface area contributed by atoms with Gasteiger partial charge in [-0.05, 0) is 44.7 Å². The Labute approximate surface area is 116 Å². The van der Waals surface area contributed by atoms with Crippen molar-refractivity contribution >= 4 is 23.0 Å². The van der Waals surface area contributed by atoms with E-state index in [4.69, 9.17) is 12.2 Å². The Morgan fingerprint density at radius 1 is 1.33 bits per heavy atom. The number of nitrogens with one attached hydrogen (secondary N) is 2. The molecule has 1 aromatic carbocycles. The van der Waals surface area contributed by atoms with Crippen molar-refractivity contribution in [3.63, 3.8) is 0 Å². The van der Waals surface area contributed by atoms with Gasteiger partial charge in [-0.3, -0.25) is 0 Å². The summed E-state index contributed by atoms with van der Waals surface area (Å²) in [6.45, 7) is 6.29. The fourth-order valence-corrected chi connectivity index (χ4v) is 1.79. The van der Waals surface area contributed by atoms with E-state index in [0.717, 1.165) is 18.8 Å². The zero-order valence-corrected chi connectivity index (χ0v) is 12.3. The number of benzene rings is 1. The summed E-state index contributed by atoms with van der Waals surface area (Å²) in [5.74, 6) is 0. The molecule has 1 unspecified atom stereocenters. The largest absolute Gasteiger partial charge is 0.361 e. The molecular formula is C14H23N3S. The van der Waals surface area contributed by atoms with Gasteiger partial charge in [0.05, 0.1) is 0 Å². The molecule has 0 aliphatic rings. The van der Waals surface area contributed by atoms with E-state index in [-0.39, 0.29) is 0 Å². The molecule has 1 aromatic rings. The minimum Gasteiger partial charge on any atom is -0.361 e. The van der Waals surface area contributed by atoms with Crippen molar-refractivity contribution in [2.45, 2.75) is 26.3 Å². The third-order valence-electron chi connectivity index (χ3n) is 3.12. The third kappa shape index (κ3) is 5.47. The topological polar surface area (TPSA) is 27.3 Å². The summed E-state index contributed by atoms with van der Waals surface area (Å²) in [5.41, 5.74) is 1.02. The predicted molar refractivity (Wildman–Crippen MR) is 83.0 cm³/mol. The molecule has 100 valence electrons. The lowest BCUT2D eigenvalue weighted by molar-refractivity contribution is 0.256. The molecular weight excluding hydrogens is 242 g/mol. The summed E-state index contributed by atoms with van der Waals surface area (Å²) in [6.07, 6.45) is 1.17. The first kappa shape index (κ1) is 14.9. The highest BCUT2D eigenvalue weighted by Gasteiger charge is 2.05. The van der Waals surface area contributed by atoms with E-state index < -0.39 is 0 Å². The maximum atomic E-state index is 5.24. The second-order valence-electron chi connectivity index (χ2n) is 4.48. The van der Waals surface area contributed by atoms with E-state index in [1.54, 1.807) is 0 Å². The molecule has 0 aromatic heterocycles. The first-order valence-corrected chi connectivity index (χ1v) is 6.84. The van der Waals surface area contributed by atoms with Gasteiger partial charge in [-0.2, -0.15) is 0 Å². The SMILES string of the molecule is CCC(C)N(C)CCNC(=S)Nc1ccccc1. The van der Waals surface area contributed by atoms with Gasteiger partial charge in [0.25, 0.3) is 0 Å². The van der Waals surface area contributed by atoms with Gasteiger partial charge in [-0.1, -0.05) is 25.1 Å². The molecule has 3 nitrogen and oxygen atoms in total. The molecule has 4 heteroatoms. The molecule has 2 N–H and O–H groups in total. The normalized spacial score (nSPS) is 12.2. The molecule has 0 aliphatic heterocycles. The number of hydrogen-bond donors (Lipinski definition) is 2. The molecule has 1 rings (SSSR count). The highest BCUT2D eigenvalue weighted by molar-refractivity contribution is 7.80. The smallest absolute Gasteiger partial charge is 0.170 e. The number of likely N-dealkylation sites (N-methyl/N-ethyl adjacent to an activating group) is 1. The van der Waals surface area contributed by atoms with Crippen LogP contribution < -0.4 is 10.6 Å². The number of nitrogens with zero attached hydrogens (tertiary/aromatic N) is 1. The summed E-state index contributed by atoms with van der Waals surface area (Å²) in [4.78, 5) is 2.33. The third-order valence-corrected chi connectivity index (χ3v) is 3.37. The summed E-state index contributed by atoms with van der Waals surface area (Å²) >= 11 is 5.24. The lowest BCUT2D eigenvalue weighted by Crippen LogP contribution is -2.38. The van der Waals surface area contributed by atoms with E-state index in [1.807, 2.05) is 30.3 Å². The van der Waals surface area contributed by atoms with Gasteiger partial charge in [-0.15, -0.1) is 0 Å². The standard InChI is InChI=1S/C14H23N3S/c1-4-12(2)17(3)11-10-15-14(18)16-13-8-6-5-7-9-13/h5-9,12H,4,10-11H2,1-3H3,(H2,15,16,18). The lowest BCUT2D eigenvalue weighted by Gasteiger charge is -2.23. The number of rotatable bonds is 6. The molecule has 0 amide bonds. The Balaban J connectivity index is 2.22. The van der Waals surface area contributed by atoms with Gasteiger partial charge in [0, 0.05) is 24.8 Å². The monoisotopic (exact) mass is 265 g/mol. The summed E-state index contributed by atoms with van der Waals surface area (Å²) < 4.78 is 0. The maximum Gasteiger partial charge on any atom is 0.170 e. The first-order chi connectivity index (χ1) is 8.63.